The first-order valence-corrected chi connectivity index (χ1v) is 8.53. The summed E-state index contributed by atoms with van der Waals surface area (Å²) in [6.07, 6.45) is 1.78. The van der Waals surface area contributed by atoms with Crippen LogP contribution in [0.1, 0.15) is 11.1 Å². The molecule has 0 unspecified atom stereocenters. The van der Waals surface area contributed by atoms with Crippen LogP contribution in [0.15, 0.2) is 47.6 Å². The van der Waals surface area contributed by atoms with Crippen LogP contribution < -0.4 is 4.74 Å². The molecule has 2 aromatic carbocycles. The van der Waals surface area contributed by atoms with Crippen LogP contribution in [-0.2, 0) is 17.1 Å². The molecule has 1 aliphatic rings. The number of ether oxygens (including phenoxy) is 2. The van der Waals surface area contributed by atoms with Gasteiger partial charge in [-0.05, 0) is 12.1 Å². The van der Waals surface area contributed by atoms with Gasteiger partial charge in [-0.25, -0.2) is 0 Å². The van der Waals surface area contributed by atoms with Crippen LogP contribution in [-0.4, -0.2) is 17.0 Å². The van der Waals surface area contributed by atoms with Gasteiger partial charge in [0.1, 0.15) is 10.8 Å². The van der Waals surface area contributed by atoms with Crippen LogP contribution in [0.3, 0.4) is 0 Å². The van der Waals surface area contributed by atoms with Gasteiger partial charge in [0.2, 0.25) is 0 Å². The Labute approximate surface area is 142 Å². The molecule has 0 saturated carbocycles. The Kier molecular flexibility index (Phi) is 4.08. The van der Waals surface area contributed by atoms with Gasteiger partial charge in [0.15, 0.2) is 6.79 Å². The Morgan fingerprint density at radius 2 is 2.13 bits per heavy atom. The smallest absolute Gasteiger partial charge is 0.189 e. The lowest BCUT2D eigenvalue weighted by Crippen LogP contribution is -2.13. The van der Waals surface area contributed by atoms with Crippen LogP contribution in [0.5, 0.6) is 5.75 Å². The number of nitrogens with zero attached hydrogens (tertiary/aromatic N) is 2. The number of fused-ring (bicyclic) bond motifs is 2. The molecule has 23 heavy (non-hydrogen) atoms. The van der Waals surface area contributed by atoms with E-state index in [2.05, 4.69) is 16.3 Å². The predicted octanol–water partition coefficient (Wildman–Crippen LogP) is 4.44. The highest BCUT2D eigenvalue weighted by Crippen LogP contribution is 2.36. The van der Waals surface area contributed by atoms with E-state index in [1.165, 1.54) is 0 Å². The second kappa shape index (κ2) is 6.35. The number of rotatable bonds is 3. The summed E-state index contributed by atoms with van der Waals surface area (Å²) in [6, 6.07) is 11.9. The summed E-state index contributed by atoms with van der Waals surface area (Å²) < 4.78 is 11.0. The van der Waals surface area contributed by atoms with Crippen LogP contribution >= 0.6 is 23.4 Å². The molecule has 2 heterocycles. The lowest BCUT2D eigenvalue weighted by molar-refractivity contribution is -0.0168. The van der Waals surface area contributed by atoms with Crippen LogP contribution in [0, 0.1) is 0 Å². The van der Waals surface area contributed by atoms with Crippen molar-refractivity contribution >= 4 is 34.1 Å². The third-order valence-corrected chi connectivity index (χ3v) is 4.90. The minimum Gasteiger partial charge on any atom is -0.467 e. The topological polar surface area (TPSA) is 44.2 Å². The monoisotopic (exact) mass is 344 g/mol. The van der Waals surface area contributed by atoms with Crippen molar-refractivity contribution < 1.29 is 9.47 Å². The molecule has 0 saturated heterocycles. The molecular formula is C17H13ClN2O2S. The maximum absolute atomic E-state index is 6.21. The number of benzene rings is 2. The largest absolute Gasteiger partial charge is 0.467 e. The number of thioether (sulfide) groups is 1. The van der Waals surface area contributed by atoms with Crippen molar-refractivity contribution in [1.29, 1.82) is 0 Å². The zero-order valence-electron chi connectivity index (χ0n) is 12.2. The highest BCUT2D eigenvalue weighted by atomic mass is 35.5. The van der Waals surface area contributed by atoms with Crippen molar-refractivity contribution in [3.63, 3.8) is 0 Å². The molecule has 4 rings (SSSR count). The van der Waals surface area contributed by atoms with Gasteiger partial charge in [-0.3, -0.25) is 0 Å². The lowest BCUT2D eigenvalue weighted by atomic mass is 10.1. The van der Waals surface area contributed by atoms with Crippen LogP contribution in [0.4, 0.5) is 0 Å². The van der Waals surface area contributed by atoms with Crippen molar-refractivity contribution in [3.8, 4) is 5.75 Å². The Hall–Kier alpha value is -1.82. The predicted molar refractivity (Wildman–Crippen MR) is 90.8 cm³/mol. The van der Waals surface area contributed by atoms with Gasteiger partial charge in [-0.15, -0.1) is 5.10 Å². The summed E-state index contributed by atoms with van der Waals surface area (Å²) in [6.45, 7) is 0.808. The average molecular weight is 345 g/mol. The van der Waals surface area contributed by atoms with E-state index in [9.17, 15) is 0 Å². The van der Waals surface area contributed by atoms with Gasteiger partial charge >= 0.3 is 0 Å². The summed E-state index contributed by atoms with van der Waals surface area (Å²) in [7, 11) is 0. The molecule has 0 aliphatic carbocycles. The molecule has 0 atom stereocenters. The van der Waals surface area contributed by atoms with Crippen molar-refractivity contribution in [1.82, 2.24) is 10.2 Å². The first-order chi connectivity index (χ1) is 11.3. The summed E-state index contributed by atoms with van der Waals surface area (Å²) >= 11 is 7.84. The molecule has 0 bridgehead atoms. The Balaban J connectivity index is 1.65. The highest BCUT2D eigenvalue weighted by Gasteiger charge is 2.17. The zero-order valence-corrected chi connectivity index (χ0v) is 13.7. The van der Waals surface area contributed by atoms with E-state index in [0.717, 1.165) is 32.7 Å². The molecule has 3 aromatic rings. The molecule has 4 nitrogen and oxygen atoms in total. The van der Waals surface area contributed by atoms with Crippen molar-refractivity contribution in [2.24, 2.45) is 0 Å². The minimum absolute atomic E-state index is 0.278. The van der Waals surface area contributed by atoms with Gasteiger partial charge in [0, 0.05) is 32.7 Å². The molecule has 0 N–H and O–H groups in total. The molecule has 0 radical (unpaired) electrons. The highest BCUT2D eigenvalue weighted by molar-refractivity contribution is 7.98. The summed E-state index contributed by atoms with van der Waals surface area (Å²) in [4.78, 5) is 0. The number of halogens is 1. The van der Waals surface area contributed by atoms with Gasteiger partial charge in [-0.2, -0.15) is 5.10 Å². The third kappa shape index (κ3) is 3.00. The van der Waals surface area contributed by atoms with Crippen molar-refractivity contribution in [3.05, 3.63) is 58.7 Å². The molecule has 0 fully saturated rings. The Bertz CT molecular complexity index is 867. The maximum Gasteiger partial charge on any atom is 0.189 e. The second-order valence-electron chi connectivity index (χ2n) is 5.19. The van der Waals surface area contributed by atoms with Gasteiger partial charge in [-0.1, -0.05) is 47.6 Å². The van der Waals surface area contributed by atoms with Crippen LogP contribution in [0.2, 0.25) is 5.02 Å². The van der Waals surface area contributed by atoms with Crippen molar-refractivity contribution in [2.45, 2.75) is 17.4 Å². The minimum atomic E-state index is 0.278. The van der Waals surface area contributed by atoms with E-state index >= 15 is 0 Å². The second-order valence-corrected chi connectivity index (χ2v) is 6.59. The first-order valence-electron chi connectivity index (χ1n) is 7.16. The fourth-order valence-corrected chi connectivity index (χ4v) is 3.83. The first kappa shape index (κ1) is 14.8. The third-order valence-electron chi connectivity index (χ3n) is 3.65. The Morgan fingerprint density at radius 1 is 1.22 bits per heavy atom. The zero-order chi connectivity index (χ0) is 15.6. The van der Waals surface area contributed by atoms with E-state index < -0.39 is 0 Å². The number of hydrogen-bond acceptors (Lipinski definition) is 5. The maximum atomic E-state index is 6.21. The molecule has 0 spiro atoms. The van der Waals surface area contributed by atoms with Gasteiger partial charge < -0.3 is 9.47 Å². The fraction of sp³-hybridized carbons (Fsp3) is 0.176. The molecule has 0 amide bonds. The molecule has 116 valence electrons. The SMILES string of the molecule is Clc1cc2c(c(CSc3nncc4ccccc34)c1)OCOC2. The van der Waals surface area contributed by atoms with E-state index in [4.69, 9.17) is 21.1 Å². The summed E-state index contributed by atoms with van der Waals surface area (Å²) in [5.41, 5.74) is 2.04. The average Bonchev–Trinajstić information content (AvgIpc) is 2.59. The molecular weight excluding hydrogens is 332 g/mol. The van der Waals surface area contributed by atoms with E-state index in [1.54, 1.807) is 18.0 Å². The number of hydrogen-bond donors (Lipinski definition) is 0. The molecule has 1 aliphatic heterocycles. The fourth-order valence-electron chi connectivity index (χ4n) is 2.62. The lowest BCUT2D eigenvalue weighted by Gasteiger charge is -2.21. The van der Waals surface area contributed by atoms with Crippen molar-refractivity contribution in [2.75, 3.05) is 6.79 Å². The van der Waals surface area contributed by atoms with E-state index in [0.29, 0.717) is 17.4 Å². The van der Waals surface area contributed by atoms with Gasteiger partial charge in [0.05, 0.1) is 12.8 Å². The molecule has 6 heteroatoms. The van der Waals surface area contributed by atoms with E-state index in [-0.39, 0.29) is 6.79 Å². The van der Waals surface area contributed by atoms with Crippen LogP contribution in [0.25, 0.3) is 10.8 Å². The van der Waals surface area contributed by atoms with Gasteiger partial charge in [0.25, 0.3) is 0 Å². The molecule has 1 aromatic heterocycles. The summed E-state index contributed by atoms with van der Waals surface area (Å²) in [5, 5.41) is 12.1. The van der Waals surface area contributed by atoms with E-state index in [1.807, 2.05) is 30.3 Å². The number of aromatic nitrogens is 2. The quantitative estimate of drug-likeness (QED) is 0.657. The normalized spacial score (nSPS) is 13.6. The standard InChI is InChI=1S/C17H13ClN2O2S/c18-14-5-12-8-21-10-22-16(12)13(6-14)9-23-17-15-4-2-1-3-11(15)7-19-20-17/h1-7H,8-10H2. The Morgan fingerprint density at radius 3 is 3.09 bits per heavy atom. The summed E-state index contributed by atoms with van der Waals surface area (Å²) in [5.74, 6) is 1.59.